The summed E-state index contributed by atoms with van der Waals surface area (Å²) in [4.78, 5) is 15.0. The first-order valence-electron chi connectivity index (χ1n) is 6.27. The van der Waals surface area contributed by atoms with E-state index in [0.29, 0.717) is 11.3 Å². The first-order valence-corrected chi connectivity index (χ1v) is 7.15. The molecule has 1 N–H and O–H groups in total. The maximum absolute atomic E-state index is 12.9. The van der Waals surface area contributed by atoms with Gasteiger partial charge < -0.3 is 5.11 Å². The molecule has 2 aromatic heterocycles. The van der Waals surface area contributed by atoms with Gasteiger partial charge >= 0.3 is 12.1 Å². The van der Waals surface area contributed by atoms with Crippen LogP contribution in [0.3, 0.4) is 0 Å². The fourth-order valence-electron chi connectivity index (χ4n) is 1.95. The Morgan fingerprint density at radius 2 is 1.87 bits per heavy atom. The second-order valence-corrected chi connectivity index (χ2v) is 5.36. The standard InChI is InChI=1S/C14H8F3N3O2S/c15-14(16,17)11-5-6-18-20(11)13-19-10(7-23-13)8-1-3-9(4-2-8)12(21)22/h1-7H,(H,21,22). The lowest BCUT2D eigenvalue weighted by molar-refractivity contribution is -0.142. The molecule has 9 heteroatoms. The number of thiazole rings is 1. The highest BCUT2D eigenvalue weighted by Gasteiger charge is 2.35. The molecule has 0 radical (unpaired) electrons. The fraction of sp³-hybridized carbons (Fsp3) is 0.0714. The fourth-order valence-corrected chi connectivity index (χ4v) is 2.75. The molecule has 0 fully saturated rings. The average molecular weight is 339 g/mol. The SMILES string of the molecule is O=C(O)c1ccc(-c2csc(-n3nccc3C(F)(F)F)n2)cc1. The molecule has 0 atom stereocenters. The van der Waals surface area contributed by atoms with Gasteiger partial charge in [-0.05, 0) is 18.2 Å². The molecule has 0 aliphatic carbocycles. The minimum Gasteiger partial charge on any atom is -0.478 e. The average Bonchev–Trinajstić information content (AvgIpc) is 3.15. The number of alkyl halides is 3. The van der Waals surface area contributed by atoms with E-state index in [1.54, 1.807) is 17.5 Å². The summed E-state index contributed by atoms with van der Waals surface area (Å²) in [5, 5.41) is 14.2. The Hall–Kier alpha value is -2.68. The van der Waals surface area contributed by atoms with Crippen LogP contribution in [-0.2, 0) is 6.18 Å². The van der Waals surface area contributed by atoms with Crippen LogP contribution in [0.1, 0.15) is 16.1 Å². The second kappa shape index (κ2) is 5.51. The van der Waals surface area contributed by atoms with Gasteiger partial charge in [0.2, 0.25) is 5.13 Å². The van der Waals surface area contributed by atoms with Crippen LogP contribution in [-0.4, -0.2) is 25.8 Å². The van der Waals surface area contributed by atoms with Gasteiger partial charge in [0.15, 0.2) is 5.69 Å². The summed E-state index contributed by atoms with van der Waals surface area (Å²) >= 11 is 1.02. The minimum absolute atomic E-state index is 0.0830. The Morgan fingerprint density at radius 1 is 1.17 bits per heavy atom. The number of aromatic nitrogens is 3. The molecule has 2 heterocycles. The van der Waals surface area contributed by atoms with Gasteiger partial charge in [0, 0.05) is 10.9 Å². The third kappa shape index (κ3) is 2.95. The van der Waals surface area contributed by atoms with Gasteiger partial charge in [0.25, 0.3) is 0 Å². The summed E-state index contributed by atoms with van der Waals surface area (Å²) in [6.45, 7) is 0. The number of halogens is 3. The van der Waals surface area contributed by atoms with Crippen molar-refractivity contribution in [1.82, 2.24) is 14.8 Å². The number of hydrogen-bond acceptors (Lipinski definition) is 4. The Morgan fingerprint density at radius 3 is 2.48 bits per heavy atom. The van der Waals surface area contributed by atoms with Crippen LogP contribution >= 0.6 is 11.3 Å². The zero-order valence-corrected chi connectivity index (χ0v) is 12.1. The Kier molecular flexibility index (Phi) is 3.64. The number of aromatic carboxylic acids is 1. The van der Waals surface area contributed by atoms with E-state index in [1.165, 1.54) is 12.1 Å². The van der Waals surface area contributed by atoms with Crippen LogP contribution in [0, 0.1) is 0 Å². The molecule has 0 spiro atoms. The molecule has 5 nitrogen and oxygen atoms in total. The van der Waals surface area contributed by atoms with Gasteiger partial charge in [-0.2, -0.15) is 18.3 Å². The highest BCUT2D eigenvalue weighted by atomic mass is 32.1. The monoisotopic (exact) mass is 339 g/mol. The van der Waals surface area contributed by atoms with Crippen molar-refractivity contribution >= 4 is 17.3 Å². The molecule has 0 amide bonds. The molecule has 0 aliphatic rings. The Balaban J connectivity index is 1.95. The first-order chi connectivity index (χ1) is 10.9. The van der Waals surface area contributed by atoms with Crippen LogP contribution in [0.15, 0.2) is 41.9 Å². The quantitative estimate of drug-likeness (QED) is 0.790. The summed E-state index contributed by atoms with van der Waals surface area (Å²) in [5.41, 5.74) is 0.277. The van der Waals surface area contributed by atoms with Crippen molar-refractivity contribution in [2.24, 2.45) is 0 Å². The van der Waals surface area contributed by atoms with Gasteiger partial charge in [0.05, 0.1) is 17.5 Å². The van der Waals surface area contributed by atoms with Crippen LogP contribution in [0.25, 0.3) is 16.4 Å². The molecule has 1 aromatic carbocycles. The molecule has 0 bridgehead atoms. The highest BCUT2D eigenvalue weighted by Crippen LogP contribution is 2.32. The van der Waals surface area contributed by atoms with Crippen LogP contribution < -0.4 is 0 Å². The Bertz CT molecular complexity index is 853. The lowest BCUT2D eigenvalue weighted by Gasteiger charge is -2.07. The van der Waals surface area contributed by atoms with Gasteiger partial charge in [-0.25, -0.2) is 14.5 Å². The molecule has 0 saturated carbocycles. The van der Waals surface area contributed by atoms with Crippen molar-refractivity contribution in [2.75, 3.05) is 0 Å². The van der Waals surface area contributed by atoms with Crippen LogP contribution in [0.2, 0.25) is 0 Å². The first kappa shape index (κ1) is 15.2. The van der Waals surface area contributed by atoms with E-state index in [4.69, 9.17) is 5.11 Å². The predicted molar refractivity (Wildman–Crippen MR) is 76.6 cm³/mol. The third-order valence-corrected chi connectivity index (χ3v) is 3.85. The largest absolute Gasteiger partial charge is 0.478 e. The van der Waals surface area contributed by atoms with E-state index < -0.39 is 17.8 Å². The van der Waals surface area contributed by atoms with Crippen molar-refractivity contribution in [3.8, 4) is 16.4 Å². The van der Waals surface area contributed by atoms with E-state index >= 15 is 0 Å². The van der Waals surface area contributed by atoms with E-state index in [-0.39, 0.29) is 10.7 Å². The van der Waals surface area contributed by atoms with Crippen molar-refractivity contribution in [3.05, 3.63) is 53.2 Å². The van der Waals surface area contributed by atoms with Crippen molar-refractivity contribution in [3.63, 3.8) is 0 Å². The van der Waals surface area contributed by atoms with Gasteiger partial charge in [-0.1, -0.05) is 12.1 Å². The van der Waals surface area contributed by atoms with Crippen molar-refractivity contribution < 1.29 is 23.1 Å². The summed E-state index contributed by atoms with van der Waals surface area (Å²) in [5.74, 6) is -1.05. The number of rotatable bonds is 3. The van der Waals surface area contributed by atoms with Gasteiger partial charge in [-0.15, -0.1) is 11.3 Å². The summed E-state index contributed by atoms with van der Waals surface area (Å²) in [6, 6.07) is 6.80. The molecule has 0 aliphatic heterocycles. The van der Waals surface area contributed by atoms with Crippen molar-refractivity contribution in [1.29, 1.82) is 0 Å². The molecular formula is C14H8F3N3O2S. The van der Waals surface area contributed by atoms with E-state index in [1.807, 2.05) is 0 Å². The number of carboxylic acid groups (broad SMARTS) is 1. The summed E-state index contributed by atoms with van der Waals surface area (Å²) in [6.07, 6.45) is -3.46. The molecule has 3 rings (SSSR count). The smallest absolute Gasteiger partial charge is 0.433 e. The van der Waals surface area contributed by atoms with Crippen molar-refractivity contribution in [2.45, 2.75) is 6.18 Å². The van der Waals surface area contributed by atoms with Gasteiger partial charge in [-0.3, -0.25) is 0 Å². The number of hydrogen-bond donors (Lipinski definition) is 1. The van der Waals surface area contributed by atoms with Gasteiger partial charge in [0.1, 0.15) is 0 Å². The summed E-state index contributed by atoms with van der Waals surface area (Å²) in [7, 11) is 0. The molecule has 0 saturated heterocycles. The second-order valence-electron chi connectivity index (χ2n) is 4.52. The molecule has 3 aromatic rings. The number of benzene rings is 1. The van der Waals surface area contributed by atoms with E-state index in [2.05, 4.69) is 10.1 Å². The molecule has 0 unspecified atom stereocenters. The zero-order chi connectivity index (χ0) is 16.6. The van der Waals surface area contributed by atoms with E-state index in [0.717, 1.165) is 28.3 Å². The molecular weight excluding hydrogens is 331 g/mol. The normalized spacial score (nSPS) is 11.6. The maximum atomic E-state index is 12.9. The summed E-state index contributed by atoms with van der Waals surface area (Å²) < 4.78 is 39.4. The minimum atomic E-state index is -4.52. The lowest BCUT2D eigenvalue weighted by atomic mass is 10.1. The third-order valence-electron chi connectivity index (χ3n) is 3.03. The van der Waals surface area contributed by atoms with Crippen LogP contribution in [0.5, 0.6) is 0 Å². The number of carboxylic acids is 1. The number of nitrogens with zero attached hydrogens (tertiary/aromatic N) is 3. The van der Waals surface area contributed by atoms with E-state index in [9.17, 15) is 18.0 Å². The lowest BCUT2D eigenvalue weighted by Crippen LogP contribution is -2.13. The topological polar surface area (TPSA) is 68.0 Å². The number of carbonyl (C=O) groups is 1. The maximum Gasteiger partial charge on any atom is 0.433 e. The zero-order valence-electron chi connectivity index (χ0n) is 11.3. The predicted octanol–water partition coefficient (Wildman–Crippen LogP) is 3.71. The highest BCUT2D eigenvalue weighted by molar-refractivity contribution is 7.12. The Labute approximate surface area is 131 Å². The molecule has 23 heavy (non-hydrogen) atoms. The molecule has 118 valence electrons. The van der Waals surface area contributed by atoms with Crippen LogP contribution in [0.4, 0.5) is 13.2 Å².